The van der Waals surface area contributed by atoms with Gasteiger partial charge in [-0.25, -0.2) is 11.0 Å². The van der Waals surface area contributed by atoms with Gasteiger partial charge in [0, 0.05) is 42.8 Å². The summed E-state index contributed by atoms with van der Waals surface area (Å²) in [4.78, 5) is 34.3. The second kappa shape index (κ2) is 11.6. The van der Waals surface area contributed by atoms with Gasteiger partial charge in [0.05, 0.1) is 22.8 Å². The lowest BCUT2D eigenvalue weighted by Gasteiger charge is -2.41. The number of piperazine rings is 1. The fourth-order valence-corrected chi connectivity index (χ4v) is 6.52. The van der Waals surface area contributed by atoms with Crippen molar-refractivity contribution < 1.29 is 13.9 Å². The van der Waals surface area contributed by atoms with Crippen LogP contribution in [0.1, 0.15) is 24.1 Å². The summed E-state index contributed by atoms with van der Waals surface area (Å²) in [5, 5.41) is 1.67. The number of fused-ring (bicyclic) bond motifs is 2. The Kier molecular flexibility index (Phi) is 7.88. The largest absolute Gasteiger partial charge is 0.461 e. The van der Waals surface area contributed by atoms with Crippen LogP contribution in [0.25, 0.3) is 15.6 Å². The van der Waals surface area contributed by atoms with Crippen LogP contribution >= 0.6 is 11.6 Å². The van der Waals surface area contributed by atoms with Gasteiger partial charge in [0.25, 0.3) is 0 Å². The van der Waals surface area contributed by atoms with Crippen LogP contribution in [0.15, 0.2) is 43.0 Å². The van der Waals surface area contributed by atoms with Crippen LogP contribution in [0, 0.1) is 12.4 Å². The molecule has 1 aromatic heterocycles. The van der Waals surface area contributed by atoms with Gasteiger partial charge in [-0.2, -0.15) is 9.97 Å². The van der Waals surface area contributed by atoms with Crippen LogP contribution in [0.4, 0.5) is 15.9 Å². The fraction of sp³-hybridized carbons (Fsp3) is 0.438. The molecule has 43 heavy (non-hydrogen) atoms. The Balaban J connectivity index is 1.36. The first kappa shape index (κ1) is 29.1. The van der Waals surface area contributed by atoms with Crippen molar-refractivity contribution in [3.8, 4) is 6.01 Å². The second-order valence-electron chi connectivity index (χ2n) is 11.7. The van der Waals surface area contributed by atoms with Crippen LogP contribution in [0.2, 0.25) is 5.02 Å². The highest BCUT2D eigenvalue weighted by Crippen LogP contribution is 2.41. The van der Waals surface area contributed by atoms with Crippen molar-refractivity contribution in [2.24, 2.45) is 0 Å². The highest BCUT2D eigenvalue weighted by Gasteiger charge is 2.46. The van der Waals surface area contributed by atoms with Crippen LogP contribution < -0.4 is 14.5 Å². The van der Waals surface area contributed by atoms with E-state index in [1.54, 1.807) is 11.0 Å². The number of anilines is 2. The van der Waals surface area contributed by atoms with E-state index in [2.05, 4.69) is 40.2 Å². The van der Waals surface area contributed by atoms with Crippen molar-refractivity contribution in [1.82, 2.24) is 19.8 Å². The zero-order valence-corrected chi connectivity index (χ0v) is 25.3. The normalized spacial score (nSPS) is 19.3. The van der Waals surface area contributed by atoms with Gasteiger partial charge < -0.3 is 29.2 Å². The quantitative estimate of drug-likeness (QED) is 0.276. The first-order valence-electron chi connectivity index (χ1n) is 14.6. The number of amides is 1. The first-order valence-corrected chi connectivity index (χ1v) is 15.0. The molecule has 0 bridgehead atoms. The highest BCUT2D eigenvalue weighted by molar-refractivity contribution is 6.36. The number of hydrogen-bond acceptors (Lipinski definition) is 7. The van der Waals surface area contributed by atoms with Crippen molar-refractivity contribution in [2.75, 3.05) is 63.2 Å². The molecule has 224 valence electrons. The SMILES string of the molecule is [C-]#[N+]C[C@H]1CN(c2nc(OCC3(N(C)C)CC3)nc3c2CCN(c2cccc4ccc(F)c(Cl)c24)C3)CCN1C(=O)C=C. The summed E-state index contributed by atoms with van der Waals surface area (Å²) >= 11 is 6.49. The molecule has 6 rings (SSSR count). The molecule has 0 spiro atoms. The minimum atomic E-state index is -0.447. The van der Waals surface area contributed by atoms with E-state index in [9.17, 15) is 9.18 Å². The average molecular weight is 604 g/mol. The summed E-state index contributed by atoms with van der Waals surface area (Å²) in [6, 6.07) is 9.05. The lowest BCUT2D eigenvalue weighted by atomic mass is 10.0. The Hall–Kier alpha value is -3.94. The highest BCUT2D eigenvalue weighted by atomic mass is 35.5. The number of rotatable bonds is 8. The van der Waals surface area contributed by atoms with Crippen molar-refractivity contribution in [3.05, 3.63) is 76.5 Å². The molecule has 3 aromatic rings. The molecular formula is C32H35ClFN7O2. The number of carbonyl (C=O) groups excluding carboxylic acids is 1. The third-order valence-corrected chi connectivity index (χ3v) is 9.43. The van der Waals surface area contributed by atoms with Gasteiger partial charge in [0.2, 0.25) is 12.5 Å². The van der Waals surface area contributed by atoms with E-state index in [-0.39, 0.29) is 29.1 Å². The minimum Gasteiger partial charge on any atom is -0.461 e. The van der Waals surface area contributed by atoms with E-state index < -0.39 is 5.82 Å². The van der Waals surface area contributed by atoms with Crippen molar-refractivity contribution >= 4 is 39.8 Å². The Morgan fingerprint density at radius 3 is 2.77 bits per heavy atom. The number of hydrogen-bond donors (Lipinski definition) is 0. The maximum atomic E-state index is 14.5. The van der Waals surface area contributed by atoms with Crippen molar-refractivity contribution in [3.63, 3.8) is 0 Å². The zero-order valence-electron chi connectivity index (χ0n) is 24.5. The van der Waals surface area contributed by atoms with Crippen molar-refractivity contribution in [2.45, 2.75) is 37.4 Å². The molecule has 3 aliphatic rings. The molecule has 0 radical (unpaired) electrons. The predicted molar refractivity (Wildman–Crippen MR) is 166 cm³/mol. The van der Waals surface area contributed by atoms with Gasteiger partial charge in [-0.3, -0.25) is 4.79 Å². The van der Waals surface area contributed by atoms with Crippen molar-refractivity contribution in [1.29, 1.82) is 0 Å². The molecular weight excluding hydrogens is 569 g/mol. The molecule has 3 heterocycles. The average Bonchev–Trinajstić information content (AvgIpc) is 3.82. The monoisotopic (exact) mass is 603 g/mol. The summed E-state index contributed by atoms with van der Waals surface area (Å²) < 4.78 is 20.8. The van der Waals surface area contributed by atoms with Gasteiger partial charge in [0.15, 0.2) is 0 Å². The zero-order chi connectivity index (χ0) is 30.3. The summed E-state index contributed by atoms with van der Waals surface area (Å²) in [7, 11) is 4.13. The van der Waals surface area contributed by atoms with E-state index in [0.29, 0.717) is 57.1 Å². The van der Waals surface area contributed by atoms with E-state index in [4.69, 9.17) is 32.9 Å². The van der Waals surface area contributed by atoms with Crippen LogP contribution in [0.3, 0.4) is 0 Å². The lowest BCUT2D eigenvalue weighted by Crippen LogP contribution is -2.56. The maximum absolute atomic E-state index is 14.5. The molecule has 1 saturated carbocycles. The van der Waals surface area contributed by atoms with Crippen LogP contribution in [-0.4, -0.2) is 90.7 Å². The van der Waals surface area contributed by atoms with Gasteiger partial charge in [-0.15, -0.1) is 0 Å². The number of benzene rings is 2. The van der Waals surface area contributed by atoms with Gasteiger partial charge in [0.1, 0.15) is 24.3 Å². The van der Waals surface area contributed by atoms with Crippen LogP contribution in [-0.2, 0) is 17.8 Å². The Bertz CT molecular complexity index is 1620. The third-order valence-electron chi connectivity index (χ3n) is 9.06. The molecule has 1 aliphatic carbocycles. The fourth-order valence-electron chi connectivity index (χ4n) is 6.26. The molecule has 0 N–H and O–H groups in total. The second-order valence-corrected chi connectivity index (χ2v) is 12.1. The third kappa shape index (κ3) is 5.48. The van der Waals surface area contributed by atoms with E-state index in [1.165, 1.54) is 12.1 Å². The first-order chi connectivity index (χ1) is 20.7. The molecule has 2 aliphatic heterocycles. The topological polar surface area (TPSA) is 69.4 Å². The molecule has 2 fully saturated rings. The molecule has 0 unspecified atom stereocenters. The Labute approximate surface area is 256 Å². The van der Waals surface area contributed by atoms with Gasteiger partial charge in [-0.05, 0) is 57.0 Å². The number of halogens is 2. The molecule has 1 amide bonds. The summed E-state index contributed by atoms with van der Waals surface area (Å²) in [6.07, 6.45) is 4.09. The maximum Gasteiger partial charge on any atom is 0.318 e. The molecule has 11 heteroatoms. The summed E-state index contributed by atoms with van der Waals surface area (Å²) in [5.41, 5.74) is 2.72. The summed E-state index contributed by atoms with van der Waals surface area (Å²) in [6.45, 7) is 14.5. The van der Waals surface area contributed by atoms with E-state index in [0.717, 1.165) is 41.0 Å². The minimum absolute atomic E-state index is 0.00730. The van der Waals surface area contributed by atoms with Gasteiger partial charge in [-0.1, -0.05) is 36.4 Å². The van der Waals surface area contributed by atoms with E-state index in [1.807, 2.05) is 18.2 Å². The Morgan fingerprint density at radius 2 is 2.05 bits per heavy atom. The van der Waals surface area contributed by atoms with Gasteiger partial charge >= 0.3 is 6.01 Å². The van der Waals surface area contributed by atoms with Crippen LogP contribution in [0.5, 0.6) is 6.01 Å². The molecule has 1 atom stereocenters. The molecule has 2 aromatic carbocycles. The number of carbonyl (C=O) groups is 1. The number of likely N-dealkylation sites (N-methyl/N-ethyl adjacent to an activating group) is 1. The molecule has 9 nitrogen and oxygen atoms in total. The molecule has 1 saturated heterocycles. The smallest absolute Gasteiger partial charge is 0.318 e. The van der Waals surface area contributed by atoms with E-state index >= 15 is 0 Å². The lowest BCUT2D eigenvalue weighted by molar-refractivity contribution is -0.128. The summed E-state index contributed by atoms with van der Waals surface area (Å²) in [5.74, 6) is 0.176. The number of nitrogens with zero attached hydrogens (tertiary/aromatic N) is 7. The number of ether oxygens (including phenoxy) is 1. The Morgan fingerprint density at radius 1 is 1.23 bits per heavy atom. The standard InChI is InChI=1S/C32H35ClFN7O2/c1-5-27(42)41-16-15-40(18-22(41)17-35-2)30-23-11-14-39(26-8-6-7-21-9-10-24(34)29(33)28(21)26)19-25(23)36-31(37-30)43-20-32(12-13-32)38(3)4/h5-10,22H,1,11-20H2,3-4H3/t22-/m0/s1. The predicted octanol–water partition coefficient (Wildman–Crippen LogP) is 4.58. The number of aromatic nitrogens is 2.